The molecule has 1 aromatic rings. The molecule has 0 spiro atoms. The molecule has 0 radical (unpaired) electrons. The fraction of sp³-hybridized carbons (Fsp3) is 0.364. The van der Waals surface area contributed by atoms with E-state index >= 15 is 0 Å². The van der Waals surface area contributed by atoms with Gasteiger partial charge in [-0.1, -0.05) is 6.07 Å². The molecule has 0 bridgehead atoms. The number of carboxylic acids is 1. The number of carboxylic acid groups (broad SMARTS) is 1. The zero-order chi connectivity index (χ0) is 15.6. The van der Waals surface area contributed by atoms with Crippen LogP contribution in [0.2, 0.25) is 0 Å². The average molecular weight is 318 g/mol. The van der Waals surface area contributed by atoms with Crippen molar-refractivity contribution in [1.82, 2.24) is 0 Å². The summed E-state index contributed by atoms with van der Waals surface area (Å²) >= 11 is 0.413. The number of hydrogen-bond acceptors (Lipinski definition) is 2. The second kappa shape index (κ2) is 5.94. The number of hydrogen-bond donors (Lipinski definition) is 1. The van der Waals surface area contributed by atoms with E-state index in [9.17, 15) is 31.1 Å². The van der Waals surface area contributed by atoms with E-state index in [0.29, 0.717) is 17.8 Å². The van der Waals surface area contributed by atoms with E-state index in [2.05, 4.69) is 0 Å². The second-order valence-corrected chi connectivity index (χ2v) is 4.86. The first-order valence-corrected chi connectivity index (χ1v) is 6.10. The summed E-state index contributed by atoms with van der Waals surface area (Å²) in [6, 6.07) is 3.70. The van der Waals surface area contributed by atoms with Crippen molar-refractivity contribution in [1.29, 1.82) is 0 Å². The van der Waals surface area contributed by atoms with Gasteiger partial charge in [-0.05, 0) is 18.2 Å². The predicted molar refractivity (Wildman–Crippen MR) is 59.3 cm³/mol. The summed E-state index contributed by atoms with van der Waals surface area (Å²) < 4.78 is 74.3. The van der Waals surface area contributed by atoms with E-state index in [0.717, 1.165) is 12.1 Å². The maximum atomic E-state index is 12.4. The van der Waals surface area contributed by atoms with Crippen molar-refractivity contribution in [2.24, 2.45) is 5.92 Å². The number of alkyl halides is 6. The zero-order valence-corrected chi connectivity index (χ0v) is 10.4. The Morgan fingerprint density at radius 2 is 1.80 bits per heavy atom. The number of halogens is 6. The summed E-state index contributed by atoms with van der Waals surface area (Å²) in [6.45, 7) is 0. The van der Waals surface area contributed by atoms with Gasteiger partial charge in [-0.25, -0.2) is 0 Å². The summed E-state index contributed by atoms with van der Waals surface area (Å²) in [6.07, 6.45) is -9.55. The maximum Gasteiger partial charge on any atom is 0.416 e. The van der Waals surface area contributed by atoms with Crippen molar-refractivity contribution in [2.45, 2.75) is 17.2 Å². The van der Waals surface area contributed by atoms with Gasteiger partial charge in [0.2, 0.25) is 0 Å². The Hall–Kier alpha value is -1.38. The lowest BCUT2D eigenvalue weighted by Gasteiger charge is -2.15. The number of carbonyl (C=O) groups is 1. The molecular weight excluding hydrogens is 310 g/mol. The fourth-order valence-electron chi connectivity index (χ4n) is 1.25. The van der Waals surface area contributed by atoms with Crippen LogP contribution in [0.1, 0.15) is 5.56 Å². The van der Waals surface area contributed by atoms with Crippen LogP contribution < -0.4 is 0 Å². The molecule has 1 unspecified atom stereocenters. The Kier molecular flexibility index (Phi) is 4.95. The minimum absolute atomic E-state index is 0.0738. The van der Waals surface area contributed by atoms with E-state index in [1.807, 2.05) is 0 Å². The molecule has 1 atom stereocenters. The molecule has 0 aromatic heterocycles. The highest BCUT2D eigenvalue weighted by atomic mass is 32.2. The molecule has 0 heterocycles. The van der Waals surface area contributed by atoms with Crippen LogP contribution >= 0.6 is 11.8 Å². The van der Waals surface area contributed by atoms with E-state index in [4.69, 9.17) is 5.11 Å². The number of rotatable bonds is 4. The van der Waals surface area contributed by atoms with E-state index < -0.39 is 35.6 Å². The van der Waals surface area contributed by atoms with Crippen LogP contribution in [0.3, 0.4) is 0 Å². The molecule has 1 rings (SSSR count). The van der Waals surface area contributed by atoms with Crippen molar-refractivity contribution in [3.63, 3.8) is 0 Å². The highest BCUT2D eigenvalue weighted by Gasteiger charge is 2.45. The van der Waals surface area contributed by atoms with Crippen LogP contribution in [0.4, 0.5) is 26.3 Å². The third kappa shape index (κ3) is 4.62. The lowest BCUT2D eigenvalue weighted by atomic mass is 10.2. The summed E-state index contributed by atoms with van der Waals surface area (Å²) in [4.78, 5) is 10.4. The summed E-state index contributed by atoms with van der Waals surface area (Å²) in [7, 11) is 0. The molecule has 0 aliphatic carbocycles. The Bertz CT molecular complexity index is 483. The van der Waals surface area contributed by atoms with Gasteiger partial charge in [0.1, 0.15) is 0 Å². The van der Waals surface area contributed by atoms with Crippen LogP contribution in [0.15, 0.2) is 29.2 Å². The molecule has 20 heavy (non-hydrogen) atoms. The molecule has 1 N–H and O–H groups in total. The smallest absolute Gasteiger partial charge is 0.416 e. The lowest BCUT2D eigenvalue weighted by Crippen LogP contribution is -2.32. The molecule has 0 saturated carbocycles. The molecule has 0 aliphatic heterocycles. The Labute approximate surface area is 113 Å². The summed E-state index contributed by atoms with van der Waals surface area (Å²) in [5, 5.41) is 8.46. The van der Waals surface area contributed by atoms with Crippen molar-refractivity contribution in [2.75, 3.05) is 5.75 Å². The predicted octanol–water partition coefficient (Wildman–Crippen LogP) is 4.06. The van der Waals surface area contributed by atoms with E-state index in [-0.39, 0.29) is 4.90 Å². The van der Waals surface area contributed by atoms with Gasteiger partial charge in [-0.2, -0.15) is 26.3 Å². The maximum absolute atomic E-state index is 12.4. The first-order chi connectivity index (χ1) is 9.01. The Morgan fingerprint density at radius 3 is 2.25 bits per heavy atom. The fourth-order valence-corrected chi connectivity index (χ4v) is 2.32. The average Bonchev–Trinajstić information content (AvgIpc) is 2.26. The summed E-state index contributed by atoms with van der Waals surface area (Å²) in [5.74, 6) is -5.57. The Balaban J connectivity index is 2.82. The number of aliphatic carboxylic acids is 1. The van der Waals surface area contributed by atoms with Crippen molar-refractivity contribution in [3.05, 3.63) is 29.8 Å². The van der Waals surface area contributed by atoms with Crippen molar-refractivity contribution >= 4 is 17.7 Å². The first-order valence-electron chi connectivity index (χ1n) is 5.11. The van der Waals surface area contributed by atoms with Crippen molar-refractivity contribution < 1.29 is 36.2 Å². The van der Waals surface area contributed by atoms with Gasteiger partial charge in [0.25, 0.3) is 0 Å². The molecule has 2 nitrogen and oxygen atoms in total. The van der Waals surface area contributed by atoms with Gasteiger partial charge in [-0.3, -0.25) is 4.79 Å². The van der Waals surface area contributed by atoms with Crippen LogP contribution in [0.25, 0.3) is 0 Å². The number of benzene rings is 1. The van der Waals surface area contributed by atoms with E-state index in [1.54, 1.807) is 0 Å². The molecular formula is C11H8F6O2S. The quantitative estimate of drug-likeness (QED) is 0.672. The third-order valence-electron chi connectivity index (χ3n) is 2.27. The monoisotopic (exact) mass is 318 g/mol. The molecule has 9 heteroatoms. The zero-order valence-electron chi connectivity index (χ0n) is 9.63. The van der Waals surface area contributed by atoms with Crippen molar-refractivity contribution in [3.8, 4) is 0 Å². The highest BCUT2D eigenvalue weighted by molar-refractivity contribution is 7.99. The largest absolute Gasteiger partial charge is 0.481 e. The molecule has 0 amide bonds. The van der Waals surface area contributed by atoms with Gasteiger partial charge >= 0.3 is 18.3 Å². The van der Waals surface area contributed by atoms with Gasteiger partial charge in [0, 0.05) is 10.6 Å². The second-order valence-electron chi connectivity index (χ2n) is 3.77. The molecule has 112 valence electrons. The minimum atomic E-state index is -4.94. The van der Waals surface area contributed by atoms with Crippen LogP contribution in [-0.4, -0.2) is 23.0 Å². The third-order valence-corrected chi connectivity index (χ3v) is 3.36. The number of thioether (sulfide) groups is 1. The van der Waals surface area contributed by atoms with Crippen LogP contribution in [0, 0.1) is 5.92 Å². The van der Waals surface area contributed by atoms with Gasteiger partial charge in [-0.15, -0.1) is 11.8 Å². The minimum Gasteiger partial charge on any atom is -0.481 e. The summed E-state index contributed by atoms with van der Waals surface area (Å²) in [5.41, 5.74) is -0.999. The molecule has 0 aliphatic rings. The Morgan fingerprint density at radius 1 is 1.20 bits per heavy atom. The first kappa shape index (κ1) is 16.7. The van der Waals surface area contributed by atoms with Gasteiger partial charge in [0.15, 0.2) is 5.92 Å². The molecule has 1 aromatic carbocycles. The lowest BCUT2D eigenvalue weighted by molar-refractivity contribution is -0.188. The normalized spacial score (nSPS) is 14.1. The van der Waals surface area contributed by atoms with Crippen LogP contribution in [0.5, 0.6) is 0 Å². The SMILES string of the molecule is O=C(O)C(CSc1cccc(C(F)(F)F)c1)C(F)(F)F. The highest BCUT2D eigenvalue weighted by Crippen LogP contribution is 2.35. The molecule has 0 saturated heterocycles. The topological polar surface area (TPSA) is 37.3 Å². The van der Waals surface area contributed by atoms with Gasteiger partial charge in [0.05, 0.1) is 5.56 Å². The van der Waals surface area contributed by atoms with E-state index in [1.165, 1.54) is 6.07 Å². The van der Waals surface area contributed by atoms with Crippen LogP contribution in [-0.2, 0) is 11.0 Å². The standard InChI is InChI=1S/C11H8F6O2S/c12-10(13,14)6-2-1-3-7(4-6)20-5-8(9(18)19)11(15,16)17/h1-4,8H,5H2,(H,18,19). The van der Waals surface area contributed by atoms with Gasteiger partial charge < -0.3 is 5.11 Å². The molecule has 0 fully saturated rings.